The molecule has 92 valence electrons. The molecule has 1 heterocycles. The van der Waals surface area contributed by atoms with E-state index >= 15 is 0 Å². The summed E-state index contributed by atoms with van der Waals surface area (Å²) in [6, 6.07) is 0.469. The summed E-state index contributed by atoms with van der Waals surface area (Å²) in [5.41, 5.74) is 0.325. The summed E-state index contributed by atoms with van der Waals surface area (Å²) in [6.07, 6.45) is 2.50. The van der Waals surface area contributed by atoms with E-state index in [0.717, 1.165) is 19.6 Å². The van der Waals surface area contributed by atoms with Gasteiger partial charge in [0.15, 0.2) is 0 Å². The number of amides is 2. The Kier molecular flexibility index (Phi) is 2.86. The van der Waals surface area contributed by atoms with E-state index in [4.69, 9.17) is 0 Å². The van der Waals surface area contributed by atoms with Crippen molar-refractivity contribution in [2.24, 2.45) is 0 Å². The van der Waals surface area contributed by atoms with E-state index in [2.05, 4.69) is 25.8 Å². The van der Waals surface area contributed by atoms with Gasteiger partial charge >= 0.3 is 6.03 Å². The molecule has 2 amide bonds. The third kappa shape index (κ3) is 1.90. The highest BCUT2D eigenvalue weighted by Gasteiger charge is 2.50. The normalized spacial score (nSPS) is 23.9. The van der Waals surface area contributed by atoms with Crippen LogP contribution in [0.2, 0.25) is 0 Å². The zero-order valence-corrected chi connectivity index (χ0v) is 10.9. The number of rotatable bonds is 1. The standard InChI is InChI=1S/C12H23N3O/c1-10(2)14(4)11(16)15-8-7-13(3)12(9-15)5-6-12/h10H,5-9H2,1-4H3. The van der Waals surface area contributed by atoms with Crippen molar-refractivity contribution >= 4 is 6.03 Å². The Morgan fingerprint density at radius 3 is 2.44 bits per heavy atom. The van der Waals surface area contributed by atoms with Crippen molar-refractivity contribution in [1.29, 1.82) is 0 Å². The van der Waals surface area contributed by atoms with Crippen molar-refractivity contribution in [2.75, 3.05) is 33.7 Å². The van der Waals surface area contributed by atoms with E-state index in [1.54, 1.807) is 0 Å². The quantitative estimate of drug-likeness (QED) is 0.671. The van der Waals surface area contributed by atoms with Gasteiger partial charge in [0, 0.05) is 38.3 Å². The van der Waals surface area contributed by atoms with E-state index in [-0.39, 0.29) is 12.1 Å². The number of carbonyl (C=O) groups excluding carboxylic acids is 1. The molecule has 0 unspecified atom stereocenters. The molecule has 0 N–H and O–H groups in total. The van der Waals surface area contributed by atoms with E-state index < -0.39 is 0 Å². The van der Waals surface area contributed by atoms with Crippen LogP contribution in [0.25, 0.3) is 0 Å². The van der Waals surface area contributed by atoms with Gasteiger partial charge in [-0.25, -0.2) is 4.79 Å². The molecule has 1 saturated heterocycles. The molecule has 4 nitrogen and oxygen atoms in total. The number of nitrogens with zero attached hydrogens (tertiary/aromatic N) is 3. The van der Waals surface area contributed by atoms with E-state index in [9.17, 15) is 4.79 Å². The minimum atomic E-state index is 0.189. The average Bonchev–Trinajstić information content (AvgIpc) is 3.01. The fourth-order valence-corrected chi connectivity index (χ4v) is 2.35. The van der Waals surface area contributed by atoms with E-state index in [0.29, 0.717) is 5.54 Å². The van der Waals surface area contributed by atoms with Crippen LogP contribution in [0.4, 0.5) is 4.79 Å². The summed E-state index contributed by atoms with van der Waals surface area (Å²) < 4.78 is 0. The van der Waals surface area contributed by atoms with Gasteiger partial charge < -0.3 is 9.80 Å². The van der Waals surface area contributed by atoms with Gasteiger partial charge in [-0.15, -0.1) is 0 Å². The van der Waals surface area contributed by atoms with Crippen LogP contribution >= 0.6 is 0 Å². The lowest BCUT2D eigenvalue weighted by Gasteiger charge is -2.42. The first-order chi connectivity index (χ1) is 7.46. The Hall–Kier alpha value is -0.770. The molecule has 0 bridgehead atoms. The SMILES string of the molecule is CC(C)N(C)C(=O)N1CCN(C)C2(CC2)C1. The minimum Gasteiger partial charge on any atom is -0.325 e. The average molecular weight is 225 g/mol. The predicted octanol–water partition coefficient (Wildman–Crippen LogP) is 1.23. The summed E-state index contributed by atoms with van der Waals surface area (Å²) in [5, 5.41) is 0. The number of hydrogen-bond donors (Lipinski definition) is 0. The molecule has 1 aliphatic heterocycles. The highest BCUT2D eigenvalue weighted by molar-refractivity contribution is 5.74. The monoisotopic (exact) mass is 225 g/mol. The summed E-state index contributed by atoms with van der Waals surface area (Å²) in [6.45, 7) is 6.91. The van der Waals surface area contributed by atoms with Crippen LogP contribution in [-0.4, -0.2) is 66.0 Å². The first-order valence-electron chi connectivity index (χ1n) is 6.19. The maximum Gasteiger partial charge on any atom is 0.320 e. The first-order valence-corrected chi connectivity index (χ1v) is 6.19. The highest BCUT2D eigenvalue weighted by atomic mass is 16.2. The van der Waals surface area contributed by atoms with Crippen molar-refractivity contribution in [3.63, 3.8) is 0 Å². The molecule has 2 fully saturated rings. The van der Waals surface area contributed by atoms with Gasteiger partial charge in [-0.2, -0.15) is 0 Å². The second-order valence-corrected chi connectivity index (χ2v) is 5.55. The third-order valence-corrected chi connectivity index (χ3v) is 4.17. The van der Waals surface area contributed by atoms with Gasteiger partial charge in [0.25, 0.3) is 0 Å². The molecule has 0 atom stereocenters. The number of piperazine rings is 1. The minimum absolute atomic E-state index is 0.189. The Labute approximate surface area is 98.2 Å². The Balaban J connectivity index is 1.98. The number of urea groups is 1. The molecule has 0 radical (unpaired) electrons. The topological polar surface area (TPSA) is 26.8 Å². The first kappa shape index (κ1) is 11.7. The van der Waals surface area contributed by atoms with Gasteiger partial charge in [0.1, 0.15) is 0 Å². The maximum absolute atomic E-state index is 12.2. The Bertz CT molecular complexity index is 286. The van der Waals surface area contributed by atoms with Crippen molar-refractivity contribution in [3.05, 3.63) is 0 Å². The van der Waals surface area contributed by atoms with Crippen molar-refractivity contribution in [1.82, 2.24) is 14.7 Å². The largest absolute Gasteiger partial charge is 0.325 e. The molecule has 1 aliphatic carbocycles. The summed E-state index contributed by atoms with van der Waals surface area (Å²) in [7, 11) is 4.08. The van der Waals surface area contributed by atoms with Crippen LogP contribution in [0.1, 0.15) is 26.7 Å². The molecule has 2 aliphatic rings. The smallest absolute Gasteiger partial charge is 0.320 e. The molecular weight excluding hydrogens is 202 g/mol. The molecule has 0 aromatic carbocycles. The fraction of sp³-hybridized carbons (Fsp3) is 0.917. The summed E-state index contributed by atoms with van der Waals surface area (Å²) >= 11 is 0. The molecule has 1 saturated carbocycles. The lowest BCUT2D eigenvalue weighted by atomic mass is 10.1. The third-order valence-electron chi connectivity index (χ3n) is 4.17. The van der Waals surface area contributed by atoms with E-state index in [1.165, 1.54) is 12.8 Å². The zero-order chi connectivity index (χ0) is 11.9. The number of carbonyl (C=O) groups is 1. The van der Waals surface area contributed by atoms with Gasteiger partial charge in [-0.05, 0) is 33.7 Å². The van der Waals surface area contributed by atoms with Crippen molar-refractivity contribution in [3.8, 4) is 0 Å². The molecular formula is C12H23N3O. The maximum atomic E-state index is 12.2. The van der Waals surface area contributed by atoms with E-state index in [1.807, 2.05) is 16.8 Å². The highest BCUT2D eigenvalue weighted by Crippen LogP contribution is 2.43. The molecule has 0 aromatic rings. The molecule has 1 spiro atoms. The molecule has 2 rings (SSSR count). The second-order valence-electron chi connectivity index (χ2n) is 5.55. The molecule has 4 heteroatoms. The van der Waals surface area contributed by atoms with Crippen molar-refractivity contribution < 1.29 is 4.79 Å². The second kappa shape index (κ2) is 3.91. The number of likely N-dealkylation sites (N-methyl/N-ethyl adjacent to an activating group) is 1. The van der Waals surface area contributed by atoms with Gasteiger partial charge in [0.05, 0.1) is 0 Å². The summed E-state index contributed by atoms with van der Waals surface area (Å²) in [5.74, 6) is 0. The lowest BCUT2D eigenvalue weighted by Crippen LogP contribution is -2.57. The van der Waals surface area contributed by atoms with Crippen LogP contribution in [0, 0.1) is 0 Å². The van der Waals surface area contributed by atoms with Crippen LogP contribution in [-0.2, 0) is 0 Å². The van der Waals surface area contributed by atoms with Gasteiger partial charge in [0.2, 0.25) is 0 Å². The molecule has 0 aromatic heterocycles. The van der Waals surface area contributed by atoms with Crippen LogP contribution < -0.4 is 0 Å². The summed E-state index contributed by atoms with van der Waals surface area (Å²) in [4.78, 5) is 18.5. The predicted molar refractivity (Wildman–Crippen MR) is 64.5 cm³/mol. The van der Waals surface area contributed by atoms with Crippen LogP contribution in [0.3, 0.4) is 0 Å². The Morgan fingerprint density at radius 1 is 1.31 bits per heavy atom. The van der Waals surface area contributed by atoms with Gasteiger partial charge in [-0.3, -0.25) is 4.90 Å². The fourth-order valence-electron chi connectivity index (χ4n) is 2.35. The van der Waals surface area contributed by atoms with Crippen LogP contribution in [0.15, 0.2) is 0 Å². The van der Waals surface area contributed by atoms with Gasteiger partial charge in [-0.1, -0.05) is 0 Å². The Morgan fingerprint density at radius 2 is 1.94 bits per heavy atom. The van der Waals surface area contributed by atoms with Crippen LogP contribution in [0.5, 0.6) is 0 Å². The molecule has 16 heavy (non-hydrogen) atoms. The lowest BCUT2D eigenvalue weighted by molar-refractivity contribution is 0.0786. The van der Waals surface area contributed by atoms with Crippen molar-refractivity contribution in [2.45, 2.75) is 38.3 Å². The zero-order valence-electron chi connectivity index (χ0n) is 10.9. The number of hydrogen-bond acceptors (Lipinski definition) is 2.